The third kappa shape index (κ3) is 5.13. The summed E-state index contributed by atoms with van der Waals surface area (Å²) in [6.07, 6.45) is 2.20. The van der Waals surface area contributed by atoms with Gasteiger partial charge in [0.2, 0.25) is 0 Å². The van der Waals surface area contributed by atoms with E-state index in [1.165, 1.54) is 5.56 Å². The normalized spacial score (nSPS) is 20.6. The van der Waals surface area contributed by atoms with Crippen LogP contribution in [-0.2, 0) is 4.74 Å². The van der Waals surface area contributed by atoms with Crippen LogP contribution in [0.25, 0.3) is 0 Å². The van der Waals surface area contributed by atoms with Crippen molar-refractivity contribution >= 4 is 36.4 Å². The number of ether oxygens (including phenoxy) is 2. The molecule has 1 aromatic rings. The van der Waals surface area contributed by atoms with Gasteiger partial charge in [-0.15, -0.1) is 24.8 Å². The van der Waals surface area contributed by atoms with Crippen molar-refractivity contribution in [2.45, 2.75) is 18.9 Å². The van der Waals surface area contributed by atoms with Crippen molar-refractivity contribution in [3.63, 3.8) is 0 Å². The van der Waals surface area contributed by atoms with Gasteiger partial charge in [-0.05, 0) is 37.0 Å². The quantitative estimate of drug-likeness (QED) is 0.842. The number of methoxy groups -OCH3 is 1. The number of nitrogens with one attached hydrogen (secondary N) is 1. The standard InChI is InChI=1S/C17H25ClN2O2.2ClH/c1-21-16-3-2-14(18)12-15(16)17(13-4-10-22-11-5-13)20-8-6-19-7-9-20;;/h2-3,12-13,17,19H,4-11H2,1H3;2*1H/t17-;;/m1../s1. The zero-order chi connectivity index (χ0) is 15.4. The Bertz CT molecular complexity index is 475. The lowest BCUT2D eigenvalue weighted by Crippen LogP contribution is -2.47. The van der Waals surface area contributed by atoms with E-state index < -0.39 is 0 Å². The van der Waals surface area contributed by atoms with Crippen LogP contribution in [0.2, 0.25) is 5.02 Å². The molecule has 0 radical (unpaired) electrons. The number of piperazine rings is 1. The van der Waals surface area contributed by atoms with Gasteiger partial charge in [0.05, 0.1) is 7.11 Å². The van der Waals surface area contributed by atoms with E-state index in [-0.39, 0.29) is 24.8 Å². The maximum atomic E-state index is 6.28. The molecular weight excluding hydrogens is 371 g/mol. The molecule has 2 saturated heterocycles. The van der Waals surface area contributed by atoms with Crippen LogP contribution in [0.3, 0.4) is 0 Å². The van der Waals surface area contributed by atoms with E-state index in [9.17, 15) is 0 Å². The molecule has 2 aliphatic heterocycles. The molecule has 0 aliphatic carbocycles. The van der Waals surface area contributed by atoms with Gasteiger partial charge >= 0.3 is 0 Å². The molecule has 1 aromatic carbocycles. The molecule has 0 spiro atoms. The Labute approximate surface area is 162 Å². The van der Waals surface area contributed by atoms with Gasteiger partial charge in [-0.2, -0.15) is 0 Å². The second-order valence-corrected chi connectivity index (χ2v) is 6.50. The van der Waals surface area contributed by atoms with Crippen molar-refractivity contribution < 1.29 is 9.47 Å². The summed E-state index contributed by atoms with van der Waals surface area (Å²) in [4.78, 5) is 2.58. The van der Waals surface area contributed by atoms with Gasteiger partial charge in [0.15, 0.2) is 0 Å². The number of hydrogen-bond acceptors (Lipinski definition) is 4. The van der Waals surface area contributed by atoms with E-state index in [0.29, 0.717) is 12.0 Å². The van der Waals surface area contributed by atoms with Crippen molar-refractivity contribution in [1.29, 1.82) is 0 Å². The predicted molar refractivity (Wildman–Crippen MR) is 103 cm³/mol. The predicted octanol–water partition coefficient (Wildman–Crippen LogP) is 3.57. The van der Waals surface area contributed by atoms with Crippen LogP contribution in [0.5, 0.6) is 5.75 Å². The fraction of sp³-hybridized carbons (Fsp3) is 0.647. The Morgan fingerprint density at radius 2 is 1.88 bits per heavy atom. The Hall–Kier alpha value is -0.230. The molecule has 2 aliphatic rings. The molecule has 7 heteroatoms. The third-order valence-corrected chi connectivity index (χ3v) is 5.00. The van der Waals surface area contributed by atoms with Gasteiger partial charge in [-0.25, -0.2) is 0 Å². The summed E-state index contributed by atoms with van der Waals surface area (Å²) < 4.78 is 11.2. The third-order valence-electron chi connectivity index (χ3n) is 4.77. The first-order chi connectivity index (χ1) is 10.8. The van der Waals surface area contributed by atoms with Crippen molar-refractivity contribution in [2.75, 3.05) is 46.5 Å². The SMILES string of the molecule is COc1ccc(Cl)cc1[C@@H](C1CCOCC1)N1CCNCC1.Cl.Cl. The van der Waals surface area contributed by atoms with Crippen molar-refractivity contribution in [3.05, 3.63) is 28.8 Å². The minimum absolute atomic E-state index is 0. The minimum atomic E-state index is 0. The molecule has 0 bridgehead atoms. The summed E-state index contributed by atoms with van der Waals surface area (Å²) in [5.74, 6) is 1.54. The molecule has 2 heterocycles. The molecule has 138 valence electrons. The first-order valence-electron chi connectivity index (χ1n) is 8.15. The first-order valence-corrected chi connectivity index (χ1v) is 8.53. The maximum absolute atomic E-state index is 6.28. The smallest absolute Gasteiger partial charge is 0.123 e. The molecule has 24 heavy (non-hydrogen) atoms. The molecular formula is C17H27Cl3N2O2. The van der Waals surface area contributed by atoms with E-state index in [4.69, 9.17) is 21.1 Å². The molecule has 0 saturated carbocycles. The molecule has 0 unspecified atom stereocenters. The van der Waals surface area contributed by atoms with Crippen LogP contribution >= 0.6 is 36.4 Å². The van der Waals surface area contributed by atoms with E-state index in [1.54, 1.807) is 7.11 Å². The van der Waals surface area contributed by atoms with Crippen LogP contribution in [0.4, 0.5) is 0 Å². The highest BCUT2D eigenvalue weighted by Gasteiger charge is 2.33. The van der Waals surface area contributed by atoms with Gasteiger partial charge in [-0.1, -0.05) is 11.6 Å². The summed E-state index contributed by atoms with van der Waals surface area (Å²) in [5.41, 5.74) is 1.23. The van der Waals surface area contributed by atoms with Crippen molar-refractivity contribution in [1.82, 2.24) is 10.2 Å². The Kier molecular flexibility index (Phi) is 9.72. The van der Waals surface area contributed by atoms with Gasteiger partial charge in [0.1, 0.15) is 5.75 Å². The van der Waals surface area contributed by atoms with Crippen LogP contribution in [0.15, 0.2) is 18.2 Å². The topological polar surface area (TPSA) is 33.7 Å². The van der Waals surface area contributed by atoms with Crippen LogP contribution in [0, 0.1) is 5.92 Å². The average molecular weight is 398 g/mol. The molecule has 1 atom stereocenters. The summed E-state index contributed by atoms with van der Waals surface area (Å²) in [5, 5.41) is 4.22. The van der Waals surface area contributed by atoms with Crippen LogP contribution in [-0.4, -0.2) is 51.4 Å². The highest BCUT2D eigenvalue weighted by Crippen LogP contribution is 2.40. The Balaban J connectivity index is 0.00000144. The Morgan fingerprint density at radius 1 is 1.21 bits per heavy atom. The zero-order valence-electron chi connectivity index (χ0n) is 14.0. The fourth-order valence-electron chi connectivity index (χ4n) is 3.68. The zero-order valence-corrected chi connectivity index (χ0v) is 16.4. The molecule has 0 amide bonds. The van der Waals surface area contributed by atoms with Crippen molar-refractivity contribution in [3.8, 4) is 5.75 Å². The fourth-order valence-corrected chi connectivity index (χ4v) is 3.86. The summed E-state index contributed by atoms with van der Waals surface area (Å²) in [6, 6.07) is 6.34. The van der Waals surface area contributed by atoms with Gasteiger partial charge in [0, 0.05) is 56.0 Å². The highest BCUT2D eigenvalue weighted by molar-refractivity contribution is 6.30. The van der Waals surface area contributed by atoms with Crippen LogP contribution < -0.4 is 10.1 Å². The van der Waals surface area contributed by atoms with Crippen molar-refractivity contribution in [2.24, 2.45) is 5.92 Å². The lowest BCUT2D eigenvalue weighted by atomic mass is 9.85. The van der Waals surface area contributed by atoms with Crippen LogP contribution in [0.1, 0.15) is 24.4 Å². The molecule has 3 rings (SSSR count). The average Bonchev–Trinajstić information content (AvgIpc) is 2.57. The summed E-state index contributed by atoms with van der Waals surface area (Å²) in [7, 11) is 1.74. The number of rotatable bonds is 4. The Morgan fingerprint density at radius 3 is 2.50 bits per heavy atom. The molecule has 2 fully saturated rings. The molecule has 0 aromatic heterocycles. The number of halogens is 3. The summed E-state index contributed by atoms with van der Waals surface area (Å²) >= 11 is 6.28. The molecule has 1 N–H and O–H groups in total. The minimum Gasteiger partial charge on any atom is -0.496 e. The van der Waals surface area contributed by atoms with Gasteiger partial charge < -0.3 is 14.8 Å². The van der Waals surface area contributed by atoms with E-state index in [2.05, 4.69) is 16.3 Å². The van der Waals surface area contributed by atoms with Gasteiger partial charge in [0.25, 0.3) is 0 Å². The number of nitrogens with zero attached hydrogens (tertiary/aromatic N) is 1. The number of hydrogen-bond donors (Lipinski definition) is 1. The highest BCUT2D eigenvalue weighted by atomic mass is 35.5. The summed E-state index contributed by atoms with van der Waals surface area (Å²) in [6.45, 7) is 5.94. The lowest BCUT2D eigenvalue weighted by molar-refractivity contribution is 0.0206. The monoisotopic (exact) mass is 396 g/mol. The van der Waals surface area contributed by atoms with E-state index >= 15 is 0 Å². The lowest BCUT2D eigenvalue weighted by Gasteiger charge is -2.41. The second-order valence-electron chi connectivity index (χ2n) is 6.07. The molecule has 4 nitrogen and oxygen atoms in total. The largest absolute Gasteiger partial charge is 0.496 e. The van der Waals surface area contributed by atoms with E-state index in [1.807, 2.05) is 12.1 Å². The first kappa shape index (κ1) is 21.8. The number of benzene rings is 1. The maximum Gasteiger partial charge on any atom is 0.123 e. The van der Waals surface area contributed by atoms with E-state index in [0.717, 1.165) is 63.0 Å². The van der Waals surface area contributed by atoms with Gasteiger partial charge in [-0.3, -0.25) is 4.90 Å². The second kappa shape index (κ2) is 10.7.